The molecule has 0 aromatic carbocycles. The smallest absolute Gasteiger partial charge is 0.234 e. The van der Waals surface area contributed by atoms with Gasteiger partial charge in [0, 0.05) is 19.7 Å². The number of carbonyl (C=O) groups excluding carboxylic acids is 1. The Morgan fingerprint density at radius 3 is 3.00 bits per heavy atom. The second-order valence-electron chi connectivity index (χ2n) is 5.42. The van der Waals surface area contributed by atoms with Crippen molar-refractivity contribution in [3.8, 4) is 0 Å². The molecule has 2 heterocycles. The molecule has 0 aromatic heterocycles. The van der Waals surface area contributed by atoms with Crippen molar-refractivity contribution in [2.24, 2.45) is 11.7 Å². The minimum atomic E-state index is 0.114. The lowest BCUT2D eigenvalue weighted by Crippen LogP contribution is -2.45. The van der Waals surface area contributed by atoms with Gasteiger partial charge in [-0.1, -0.05) is 0 Å². The Bertz CT molecular complexity index is 267. The first-order valence-corrected chi connectivity index (χ1v) is 7.08. The average Bonchev–Trinajstić information content (AvgIpc) is 2.90. The molecule has 5 nitrogen and oxygen atoms in total. The van der Waals surface area contributed by atoms with Crippen LogP contribution in [0.15, 0.2) is 0 Å². The topological polar surface area (TPSA) is 67.6 Å². The predicted octanol–water partition coefficient (Wildman–Crippen LogP) is -0.0477. The first kappa shape index (κ1) is 13.8. The van der Waals surface area contributed by atoms with Crippen LogP contribution in [0.4, 0.5) is 0 Å². The number of amides is 1. The maximum atomic E-state index is 11.8. The molecule has 0 aromatic rings. The number of rotatable bonds is 5. The first-order valence-electron chi connectivity index (χ1n) is 7.08. The van der Waals surface area contributed by atoms with E-state index in [1.54, 1.807) is 0 Å². The number of nitrogens with zero attached hydrogens (tertiary/aromatic N) is 1. The van der Waals surface area contributed by atoms with Crippen LogP contribution in [0.1, 0.15) is 25.7 Å². The monoisotopic (exact) mass is 255 g/mol. The molecule has 1 amide bonds. The highest BCUT2D eigenvalue weighted by Gasteiger charge is 2.21. The van der Waals surface area contributed by atoms with Crippen LogP contribution in [0.5, 0.6) is 0 Å². The lowest BCUT2D eigenvalue weighted by atomic mass is 9.98. The highest BCUT2D eigenvalue weighted by Crippen LogP contribution is 2.14. The third kappa shape index (κ3) is 4.23. The van der Waals surface area contributed by atoms with E-state index in [0.29, 0.717) is 19.0 Å². The van der Waals surface area contributed by atoms with E-state index in [4.69, 9.17) is 10.5 Å². The predicted molar refractivity (Wildman–Crippen MR) is 70.2 cm³/mol. The van der Waals surface area contributed by atoms with Crippen LogP contribution in [0.2, 0.25) is 0 Å². The van der Waals surface area contributed by atoms with E-state index in [-0.39, 0.29) is 12.0 Å². The van der Waals surface area contributed by atoms with Crippen LogP contribution >= 0.6 is 0 Å². The Morgan fingerprint density at radius 2 is 2.28 bits per heavy atom. The molecule has 3 N–H and O–H groups in total. The van der Waals surface area contributed by atoms with Crippen molar-refractivity contribution in [2.45, 2.75) is 31.8 Å². The van der Waals surface area contributed by atoms with Gasteiger partial charge in [0.15, 0.2) is 0 Å². The molecule has 2 rings (SSSR count). The van der Waals surface area contributed by atoms with Gasteiger partial charge in [0.25, 0.3) is 0 Å². The van der Waals surface area contributed by atoms with Gasteiger partial charge in [0.1, 0.15) is 0 Å². The van der Waals surface area contributed by atoms with Gasteiger partial charge in [0.05, 0.1) is 12.6 Å². The number of hydrogen-bond acceptors (Lipinski definition) is 4. The van der Waals surface area contributed by atoms with E-state index in [9.17, 15) is 4.79 Å². The SMILES string of the molecule is NCC1CCCN(CC(=O)NCC2CCCO2)C1. The number of nitrogens with one attached hydrogen (secondary N) is 1. The maximum Gasteiger partial charge on any atom is 0.234 e. The number of ether oxygens (including phenoxy) is 1. The van der Waals surface area contributed by atoms with Gasteiger partial charge >= 0.3 is 0 Å². The van der Waals surface area contributed by atoms with Gasteiger partial charge in [-0.3, -0.25) is 9.69 Å². The molecular weight excluding hydrogens is 230 g/mol. The van der Waals surface area contributed by atoms with Crippen molar-refractivity contribution in [2.75, 3.05) is 39.3 Å². The number of likely N-dealkylation sites (tertiary alicyclic amines) is 1. The third-order valence-corrected chi connectivity index (χ3v) is 3.85. The second kappa shape index (κ2) is 7.07. The number of nitrogens with two attached hydrogens (primary N) is 1. The lowest BCUT2D eigenvalue weighted by Gasteiger charge is -2.31. The van der Waals surface area contributed by atoms with Crippen molar-refractivity contribution < 1.29 is 9.53 Å². The largest absolute Gasteiger partial charge is 0.376 e. The molecule has 0 saturated carbocycles. The van der Waals surface area contributed by atoms with Crippen LogP contribution in [0, 0.1) is 5.92 Å². The fourth-order valence-corrected chi connectivity index (χ4v) is 2.78. The van der Waals surface area contributed by atoms with Crippen molar-refractivity contribution in [3.63, 3.8) is 0 Å². The highest BCUT2D eigenvalue weighted by molar-refractivity contribution is 5.78. The molecule has 2 unspecified atom stereocenters. The van der Waals surface area contributed by atoms with Gasteiger partial charge in [-0.25, -0.2) is 0 Å². The second-order valence-corrected chi connectivity index (χ2v) is 5.42. The molecule has 0 radical (unpaired) electrons. The average molecular weight is 255 g/mol. The van der Waals surface area contributed by atoms with Crippen molar-refractivity contribution in [3.05, 3.63) is 0 Å². The molecule has 0 bridgehead atoms. The normalized spacial score (nSPS) is 29.4. The summed E-state index contributed by atoms with van der Waals surface area (Å²) in [6.45, 7) is 4.71. The van der Waals surface area contributed by atoms with Crippen LogP contribution in [0.3, 0.4) is 0 Å². The van der Waals surface area contributed by atoms with Gasteiger partial charge < -0.3 is 15.8 Å². The van der Waals surface area contributed by atoms with Crippen molar-refractivity contribution in [1.29, 1.82) is 0 Å². The van der Waals surface area contributed by atoms with Gasteiger partial charge in [-0.05, 0) is 44.7 Å². The molecule has 2 saturated heterocycles. The standard InChI is InChI=1S/C13H25N3O2/c14-7-11-3-1-5-16(9-11)10-13(17)15-8-12-4-2-6-18-12/h11-12H,1-10,14H2,(H,15,17). The number of carbonyl (C=O) groups is 1. The molecule has 5 heteroatoms. The fourth-order valence-electron chi connectivity index (χ4n) is 2.78. The van der Waals surface area contributed by atoms with Crippen LogP contribution in [-0.4, -0.2) is 56.2 Å². The molecule has 2 fully saturated rings. The van der Waals surface area contributed by atoms with E-state index < -0.39 is 0 Å². The number of hydrogen-bond donors (Lipinski definition) is 2. The molecule has 0 aliphatic carbocycles. The van der Waals surface area contributed by atoms with Crippen molar-refractivity contribution >= 4 is 5.91 Å². The third-order valence-electron chi connectivity index (χ3n) is 3.85. The highest BCUT2D eigenvalue weighted by atomic mass is 16.5. The summed E-state index contributed by atoms with van der Waals surface area (Å²) in [7, 11) is 0. The number of piperidine rings is 1. The van der Waals surface area contributed by atoms with Crippen molar-refractivity contribution in [1.82, 2.24) is 10.2 Å². The molecule has 104 valence electrons. The van der Waals surface area contributed by atoms with Crippen LogP contribution < -0.4 is 11.1 Å². The zero-order valence-electron chi connectivity index (χ0n) is 11.1. The van der Waals surface area contributed by atoms with E-state index in [1.807, 2.05) is 0 Å². The summed E-state index contributed by atoms with van der Waals surface area (Å²) < 4.78 is 5.48. The Hall–Kier alpha value is -0.650. The summed E-state index contributed by atoms with van der Waals surface area (Å²) >= 11 is 0. The zero-order valence-corrected chi connectivity index (χ0v) is 11.1. The van der Waals surface area contributed by atoms with Gasteiger partial charge in [-0.15, -0.1) is 0 Å². The van der Waals surface area contributed by atoms with E-state index in [0.717, 1.165) is 45.5 Å². The van der Waals surface area contributed by atoms with Crippen LogP contribution in [-0.2, 0) is 9.53 Å². The van der Waals surface area contributed by atoms with Gasteiger partial charge in [-0.2, -0.15) is 0 Å². The molecule has 0 spiro atoms. The zero-order chi connectivity index (χ0) is 12.8. The van der Waals surface area contributed by atoms with E-state index >= 15 is 0 Å². The van der Waals surface area contributed by atoms with E-state index in [2.05, 4.69) is 10.2 Å². The summed E-state index contributed by atoms with van der Waals surface area (Å²) in [5, 5.41) is 2.97. The molecule has 2 atom stereocenters. The minimum absolute atomic E-state index is 0.114. The minimum Gasteiger partial charge on any atom is -0.376 e. The summed E-state index contributed by atoms with van der Waals surface area (Å²) in [6, 6.07) is 0. The van der Waals surface area contributed by atoms with E-state index in [1.165, 1.54) is 6.42 Å². The Balaban J connectivity index is 1.63. The quantitative estimate of drug-likeness (QED) is 0.723. The molecule has 18 heavy (non-hydrogen) atoms. The summed E-state index contributed by atoms with van der Waals surface area (Å²) in [5.74, 6) is 0.674. The summed E-state index contributed by atoms with van der Waals surface area (Å²) in [5.41, 5.74) is 5.69. The first-order chi connectivity index (χ1) is 8.78. The molecule has 2 aliphatic heterocycles. The Kier molecular flexibility index (Phi) is 5.41. The molecule has 2 aliphatic rings. The van der Waals surface area contributed by atoms with Crippen LogP contribution in [0.25, 0.3) is 0 Å². The molecular formula is C13H25N3O2. The summed E-state index contributed by atoms with van der Waals surface area (Å²) in [4.78, 5) is 14.0. The van der Waals surface area contributed by atoms with Gasteiger partial charge in [0.2, 0.25) is 5.91 Å². The summed E-state index contributed by atoms with van der Waals surface area (Å²) in [6.07, 6.45) is 4.77. The Morgan fingerprint density at radius 1 is 1.39 bits per heavy atom. The maximum absolute atomic E-state index is 11.8. The Labute approximate surface area is 109 Å². The lowest BCUT2D eigenvalue weighted by molar-refractivity contribution is -0.123. The fraction of sp³-hybridized carbons (Fsp3) is 0.923.